The number of amides is 2. The van der Waals surface area contributed by atoms with Gasteiger partial charge in [0.1, 0.15) is 6.04 Å². The highest BCUT2D eigenvalue weighted by Gasteiger charge is 2.38. The Morgan fingerprint density at radius 1 is 1.14 bits per heavy atom. The molecule has 0 saturated heterocycles. The minimum absolute atomic E-state index is 0.0681. The van der Waals surface area contributed by atoms with Gasteiger partial charge in [-0.05, 0) is 23.8 Å². The lowest BCUT2D eigenvalue weighted by Gasteiger charge is -2.35. The average molecular weight is 489 g/mol. The van der Waals surface area contributed by atoms with Gasteiger partial charge in [0.2, 0.25) is 11.8 Å². The van der Waals surface area contributed by atoms with E-state index in [-0.39, 0.29) is 30.9 Å². The molecular weight excluding hydrogens is 448 g/mol. The summed E-state index contributed by atoms with van der Waals surface area (Å²) in [4.78, 5) is 37.4. The Labute approximate surface area is 208 Å². The molecule has 1 aromatic heterocycles. The molecule has 0 spiro atoms. The topological polar surface area (TPSA) is 113 Å². The Bertz CT molecular complexity index is 968. The number of benzene rings is 1. The number of hydrogen-bond acceptors (Lipinski definition) is 7. The van der Waals surface area contributed by atoms with Crippen LogP contribution in [0.3, 0.4) is 0 Å². The number of fused-ring (bicyclic) bond motifs is 1. The Morgan fingerprint density at radius 3 is 2.43 bits per heavy atom. The summed E-state index contributed by atoms with van der Waals surface area (Å²) in [5, 5.41) is 13.0. The molecule has 194 valence electrons. The zero-order valence-electron chi connectivity index (χ0n) is 21.9. The maximum absolute atomic E-state index is 13.6. The minimum atomic E-state index is -0.709. The summed E-state index contributed by atoms with van der Waals surface area (Å²) in [6.45, 7) is 9.91. The molecular formula is C26H40N4O5. The quantitative estimate of drug-likeness (QED) is 0.393. The zero-order chi connectivity index (χ0) is 26.2. The Morgan fingerprint density at radius 2 is 1.83 bits per heavy atom. The predicted molar refractivity (Wildman–Crippen MR) is 134 cm³/mol. The van der Waals surface area contributed by atoms with Crippen LogP contribution in [0.5, 0.6) is 0 Å². The first kappa shape index (κ1) is 28.6. The van der Waals surface area contributed by atoms with Gasteiger partial charge in [-0.15, -0.1) is 0 Å². The lowest BCUT2D eigenvalue weighted by Crippen LogP contribution is -2.56. The van der Waals surface area contributed by atoms with Crippen LogP contribution in [0, 0.1) is 17.3 Å². The third-order valence-electron chi connectivity index (χ3n) is 5.83. The summed E-state index contributed by atoms with van der Waals surface area (Å²) < 4.78 is 6.23. The van der Waals surface area contributed by atoms with Crippen LogP contribution in [-0.4, -0.2) is 59.8 Å². The van der Waals surface area contributed by atoms with Crippen LogP contribution in [0.4, 0.5) is 0 Å². The fourth-order valence-corrected chi connectivity index (χ4v) is 3.97. The van der Waals surface area contributed by atoms with Gasteiger partial charge in [0.15, 0.2) is 0 Å². The first-order valence-corrected chi connectivity index (χ1v) is 11.9. The van der Waals surface area contributed by atoms with Crippen molar-refractivity contribution in [2.45, 2.75) is 59.8 Å². The molecule has 3 atom stereocenters. The number of aromatic nitrogens is 1. The normalized spacial score (nSPS) is 14.5. The summed E-state index contributed by atoms with van der Waals surface area (Å²) in [7, 11) is 3.34. The smallest absolute Gasteiger partial charge is 0.245 e. The second kappa shape index (κ2) is 12.9. The third-order valence-corrected chi connectivity index (χ3v) is 5.83. The first-order chi connectivity index (χ1) is 16.5. The van der Waals surface area contributed by atoms with Gasteiger partial charge in [0, 0.05) is 31.2 Å². The Hall–Kier alpha value is -2.59. The number of likely N-dealkylation sites (N-methyl/N-ethyl adjacent to an activating group) is 1. The fraction of sp³-hybridized carbons (Fsp3) is 0.577. The lowest BCUT2D eigenvalue weighted by atomic mass is 9.84. The van der Waals surface area contributed by atoms with Gasteiger partial charge in [-0.2, -0.15) is 0 Å². The molecule has 3 N–H and O–H groups in total. The molecule has 2 amide bonds. The van der Waals surface area contributed by atoms with Gasteiger partial charge in [0.25, 0.3) is 0 Å². The van der Waals surface area contributed by atoms with Crippen molar-refractivity contribution < 1.29 is 24.4 Å². The van der Waals surface area contributed by atoms with Gasteiger partial charge in [-0.3, -0.25) is 24.6 Å². The van der Waals surface area contributed by atoms with E-state index in [1.807, 2.05) is 65.0 Å². The molecule has 9 heteroatoms. The highest BCUT2D eigenvalue weighted by molar-refractivity contribution is 5.89. The minimum Gasteiger partial charge on any atom is -0.370 e. The van der Waals surface area contributed by atoms with Crippen LogP contribution in [0.25, 0.3) is 10.9 Å². The highest BCUT2D eigenvalue weighted by atomic mass is 16.8. The Kier molecular flexibility index (Phi) is 10.6. The summed E-state index contributed by atoms with van der Waals surface area (Å²) in [6.07, 6.45) is 1.54. The van der Waals surface area contributed by atoms with E-state index in [1.165, 1.54) is 4.90 Å². The van der Waals surface area contributed by atoms with Crippen LogP contribution < -0.4 is 11.0 Å². The maximum Gasteiger partial charge on any atom is 0.245 e. The van der Waals surface area contributed by atoms with E-state index < -0.39 is 23.5 Å². The summed E-state index contributed by atoms with van der Waals surface area (Å²) in [5.41, 5.74) is 2.90. The van der Waals surface area contributed by atoms with E-state index in [2.05, 4.69) is 10.3 Å². The van der Waals surface area contributed by atoms with E-state index in [0.717, 1.165) is 16.5 Å². The van der Waals surface area contributed by atoms with E-state index in [9.17, 15) is 9.59 Å². The molecule has 9 nitrogen and oxygen atoms in total. The van der Waals surface area contributed by atoms with Gasteiger partial charge in [0.05, 0.1) is 30.8 Å². The number of para-hydroxylation sites is 1. The molecule has 0 radical (unpaired) electrons. The standard InChI is InChI=1S/C26H40N4O5/c1-17(2)14-20(24(31)28-23(26(3,4)5)25(32)30(6)7)21(16-35-29-33)34-15-19-11-8-10-18-12-9-13-27-22(18)19/h8-13,17,20-21,23,29,33H,14-16H2,1-7H3,(H,28,31). The molecule has 3 unspecified atom stereocenters. The molecule has 2 rings (SSSR count). The lowest BCUT2D eigenvalue weighted by molar-refractivity contribution is -0.170. The van der Waals surface area contributed by atoms with Gasteiger partial charge in [-0.1, -0.05) is 64.5 Å². The van der Waals surface area contributed by atoms with Gasteiger partial charge < -0.3 is 15.0 Å². The highest BCUT2D eigenvalue weighted by Crippen LogP contribution is 2.25. The third kappa shape index (κ3) is 8.24. The summed E-state index contributed by atoms with van der Waals surface area (Å²) in [5.74, 6) is -0.917. The monoisotopic (exact) mass is 488 g/mol. The number of carbonyl (C=O) groups excluding carboxylic acids is 2. The molecule has 1 aromatic carbocycles. The van der Waals surface area contributed by atoms with Crippen molar-refractivity contribution in [3.8, 4) is 0 Å². The summed E-state index contributed by atoms with van der Waals surface area (Å²) in [6, 6.07) is 8.99. The van der Waals surface area contributed by atoms with Crippen LogP contribution >= 0.6 is 0 Å². The molecule has 0 aliphatic rings. The van der Waals surface area contributed by atoms with Crippen LogP contribution in [0.1, 0.15) is 46.6 Å². The largest absolute Gasteiger partial charge is 0.370 e. The van der Waals surface area contributed by atoms with Crippen LogP contribution in [0.2, 0.25) is 0 Å². The van der Waals surface area contributed by atoms with Gasteiger partial charge in [-0.25, -0.2) is 0 Å². The first-order valence-electron chi connectivity index (χ1n) is 11.9. The molecule has 0 fully saturated rings. The van der Waals surface area contributed by atoms with Crippen molar-refractivity contribution in [1.82, 2.24) is 20.8 Å². The number of nitrogens with zero attached hydrogens (tertiary/aromatic N) is 2. The second-order valence-corrected chi connectivity index (χ2v) is 10.5. The van der Waals surface area contributed by atoms with Crippen molar-refractivity contribution in [1.29, 1.82) is 0 Å². The average Bonchev–Trinajstić information content (AvgIpc) is 2.79. The number of nitrogens with one attached hydrogen (secondary N) is 2. The van der Waals surface area contributed by atoms with E-state index >= 15 is 0 Å². The van der Waals surface area contributed by atoms with E-state index in [4.69, 9.17) is 14.8 Å². The van der Waals surface area contributed by atoms with Crippen molar-refractivity contribution in [3.63, 3.8) is 0 Å². The van der Waals surface area contributed by atoms with Crippen molar-refractivity contribution in [2.75, 3.05) is 20.7 Å². The van der Waals surface area contributed by atoms with Crippen LogP contribution in [0.15, 0.2) is 36.5 Å². The number of hydrogen-bond donors (Lipinski definition) is 3. The summed E-state index contributed by atoms with van der Waals surface area (Å²) >= 11 is 0. The molecule has 0 aliphatic heterocycles. The van der Waals surface area contributed by atoms with E-state index in [1.54, 1.807) is 25.9 Å². The number of ether oxygens (including phenoxy) is 1. The Balaban J connectivity index is 2.31. The molecule has 0 aliphatic carbocycles. The van der Waals surface area contributed by atoms with Crippen molar-refractivity contribution >= 4 is 22.7 Å². The maximum atomic E-state index is 13.6. The molecule has 1 heterocycles. The van der Waals surface area contributed by atoms with Crippen molar-refractivity contribution in [2.24, 2.45) is 17.3 Å². The van der Waals surface area contributed by atoms with Crippen LogP contribution in [-0.2, 0) is 25.8 Å². The molecule has 2 aromatic rings. The van der Waals surface area contributed by atoms with E-state index in [0.29, 0.717) is 6.42 Å². The predicted octanol–water partition coefficient (Wildman–Crippen LogP) is 3.31. The number of carbonyl (C=O) groups is 2. The fourth-order valence-electron chi connectivity index (χ4n) is 3.97. The molecule has 0 bridgehead atoms. The zero-order valence-corrected chi connectivity index (χ0v) is 21.9. The molecule has 35 heavy (non-hydrogen) atoms. The molecule has 0 saturated carbocycles. The van der Waals surface area contributed by atoms with Gasteiger partial charge >= 0.3 is 0 Å². The SMILES string of the molecule is CC(C)CC(C(=O)NC(C(=O)N(C)C)C(C)(C)C)C(CONO)OCc1cccc2cccnc12. The number of rotatable bonds is 12. The second-order valence-electron chi connectivity index (χ2n) is 10.5. The number of pyridine rings is 1. The van der Waals surface area contributed by atoms with Crippen molar-refractivity contribution in [3.05, 3.63) is 42.1 Å².